The van der Waals surface area contributed by atoms with Gasteiger partial charge in [-0.05, 0) is 43.5 Å². The van der Waals surface area contributed by atoms with E-state index in [1.54, 1.807) is 7.11 Å². The fraction of sp³-hybridized carbons (Fsp3) is 0.600. The van der Waals surface area contributed by atoms with E-state index in [0.717, 1.165) is 24.3 Å². The van der Waals surface area contributed by atoms with Gasteiger partial charge in [-0.1, -0.05) is 25.0 Å². The van der Waals surface area contributed by atoms with Gasteiger partial charge < -0.3 is 15.2 Å². The molecule has 3 heteroatoms. The zero-order valence-electron chi connectivity index (χ0n) is 11.1. The monoisotopic (exact) mass is 249 g/mol. The molecule has 1 aromatic rings. The third kappa shape index (κ3) is 3.72. The van der Waals surface area contributed by atoms with Crippen molar-refractivity contribution in [2.24, 2.45) is 0 Å². The Morgan fingerprint density at radius 2 is 2.28 bits per heavy atom. The lowest BCUT2D eigenvalue weighted by Crippen LogP contribution is -2.29. The van der Waals surface area contributed by atoms with E-state index in [2.05, 4.69) is 5.32 Å². The molecular weight excluding hydrogens is 226 g/mol. The molecule has 1 aliphatic heterocycles. The van der Waals surface area contributed by atoms with Gasteiger partial charge in [-0.2, -0.15) is 0 Å². The molecular formula is C15H23NO2. The Morgan fingerprint density at radius 3 is 3.11 bits per heavy atom. The highest BCUT2D eigenvalue weighted by atomic mass is 16.5. The molecule has 18 heavy (non-hydrogen) atoms. The average Bonchev–Trinajstić information content (AvgIpc) is 2.67. The largest absolute Gasteiger partial charge is 0.497 e. The molecule has 0 aliphatic carbocycles. The average molecular weight is 249 g/mol. The van der Waals surface area contributed by atoms with Crippen LogP contribution in [0.3, 0.4) is 0 Å². The zero-order chi connectivity index (χ0) is 12.8. The molecule has 0 spiro atoms. The van der Waals surface area contributed by atoms with Crippen LogP contribution >= 0.6 is 0 Å². The highest BCUT2D eigenvalue weighted by Crippen LogP contribution is 2.24. The Kier molecular flexibility index (Phi) is 5.02. The Morgan fingerprint density at radius 1 is 1.39 bits per heavy atom. The van der Waals surface area contributed by atoms with Gasteiger partial charge in [0.15, 0.2) is 0 Å². The first-order valence-electron chi connectivity index (χ1n) is 6.85. The molecule has 0 radical (unpaired) electrons. The number of nitrogens with one attached hydrogen (secondary N) is 1. The SMILES string of the molecule is COc1cccc(C(O)CC2CCCCCN2)c1. The fourth-order valence-electron chi connectivity index (χ4n) is 2.56. The van der Waals surface area contributed by atoms with Gasteiger partial charge in [0.05, 0.1) is 13.2 Å². The highest BCUT2D eigenvalue weighted by Gasteiger charge is 2.17. The lowest BCUT2D eigenvalue weighted by atomic mass is 9.99. The molecule has 2 rings (SSSR count). The molecule has 0 bridgehead atoms. The van der Waals surface area contributed by atoms with Gasteiger partial charge >= 0.3 is 0 Å². The first-order valence-corrected chi connectivity index (χ1v) is 6.85. The summed E-state index contributed by atoms with van der Waals surface area (Å²) in [5.74, 6) is 0.806. The van der Waals surface area contributed by atoms with E-state index in [9.17, 15) is 5.11 Å². The predicted octanol–water partition coefficient (Wildman–Crippen LogP) is 2.65. The Labute approximate surface area is 109 Å². The van der Waals surface area contributed by atoms with Crippen LogP contribution in [0.5, 0.6) is 5.75 Å². The molecule has 3 nitrogen and oxygen atoms in total. The van der Waals surface area contributed by atoms with Crippen LogP contribution < -0.4 is 10.1 Å². The van der Waals surface area contributed by atoms with Crippen LogP contribution in [0.25, 0.3) is 0 Å². The minimum Gasteiger partial charge on any atom is -0.497 e. The van der Waals surface area contributed by atoms with Crippen molar-refractivity contribution in [2.75, 3.05) is 13.7 Å². The maximum atomic E-state index is 10.3. The van der Waals surface area contributed by atoms with E-state index < -0.39 is 6.10 Å². The molecule has 1 saturated heterocycles. The summed E-state index contributed by atoms with van der Waals surface area (Å²) in [5.41, 5.74) is 0.945. The van der Waals surface area contributed by atoms with Crippen LogP contribution in [-0.4, -0.2) is 24.8 Å². The molecule has 0 saturated carbocycles. The third-order valence-electron chi connectivity index (χ3n) is 3.65. The molecule has 1 fully saturated rings. The van der Waals surface area contributed by atoms with Crippen molar-refractivity contribution in [3.63, 3.8) is 0 Å². The first kappa shape index (κ1) is 13.4. The first-order chi connectivity index (χ1) is 8.79. The number of rotatable bonds is 4. The summed E-state index contributed by atoms with van der Waals surface area (Å²) < 4.78 is 5.19. The van der Waals surface area contributed by atoms with Crippen molar-refractivity contribution in [3.05, 3.63) is 29.8 Å². The number of hydrogen-bond acceptors (Lipinski definition) is 3. The quantitative estimate of drug-likeness (QED) is 0.862. The lowest BCUT2D eigenvalue weighted by Gasteiger charge is -2.20. The second-order valence-corrected chi connectivity index (χ2v) is 5.03. The normalized spacial score (nSPS) is 22.2. The Bertz CT molecular complexity index is 359. The van der Waals surface area contributed by atoms with Crippen LogP contribution in [0.15, 0.2) is 24.3 Å². The summed E-state index contributed by atoms with van der Waals surface area (Å²) >= 11 is 0. The van der Waals surface area contributed by atoms with Crippen molar-refractivity contribution < 1.29 is 9.84 Å². The van der Waals surface area contributed by atoms with Crippen molar-refractivity contribution in [1.82, 2.24) is 5.32 Å². The maximum absolute atomic E-state index is 10.3. The van der Waals surface area contributed by atoms with Gasteiger partial charge in [0, 0.05) is 6.04 Å². The van der Waals surface area contributed by atoms with Crippen LogP contribution in [0.4, 0.5) is 0 Å². The summed E-state index contributed by atoms with van der Waals surface area (Å²) in [4.78, 5) is 0. The Balaban J connectivity index is 1.95. The van der Waals surface area contributed by atoms with E-state index in [0.29, 0.717) is 6.04 Å². The molecule has 2 N–H and O–H groups in total. The summed E-state index contributed by atoms with van der Waals surface area (Å²) in [6.45, 7) is 1.08. The van der Waals surface area contributed by atoms with Crippen LogP contribution in [0.1, 0.15) is 43.8 Å². The van der Waals surface area contributed by atoms with Gasteiger partial charge in [0.2, 0.25) is 0 Å². The molecule has 100 valence electrons. The minimum absolute atomic E-state index is 0.407. The number of ether oxygens (including phenoxy) is 1. The predicted molar refractivity (Wildman–Crippen MR) is 72.8 cm³/mol. The van der Waals surface area contributed by atoms with Crippen molar-refractivity contribution in [3.8, 4) is 5.75 Å². The van der Waals surface area contributed by atoms with Crippen LogP contribution in [0, 0.1) is 0 Å². The van der Waals surface area contributed by atoms with Gasteiger partial charge in [-0.25, -0.2) is 0 Å². The van der Waals surface area contributed by atoms with Gasteiger partial charge in [0.1, 0.15) is 5.75 Å². The molecule has 2 unspecified atom stereocenters. The highest BCUT2D eigenvalue weighted by molar-refractivity contribution is 5.29. The number of methoxy groups -OCH3 is 1. The molecule has 1 aromatic carbocycles. The second kappa shape index (κ2) is 6.76. The molecule has 1 heterocycles. The minimum atomic E-state index is -0.407. The van der Waals surface area contributed by atoms with Gasteiger partial charge in [-0.3, -0.25) is 0 Å². The summed E-state index contributed by atoms with van der Waals surface area (Å²) in [6.07, 6.45) is 5.37. The topological polar surface area (TPSA) is 41.5 Å². The smallest absolute Gasteiger partial charge is 0.119 e. The molecule has 0 aromatic heterocycles. The molecule has 1 aliphatic rings. The van der Waals surface area contributed by atoms with E-state index in [4.69, 9.17) is 4.74 Å². The molecule has 0 amide bonds. The van der Waals surface area contributed by atoms with Gasteiger partial charge in [0.25, 0.3) is 0 Å². The van der Waals surface area contributed by atoms with Crippen LogP contribution in [0.2, 0.25) is 0 Å². The van der Waals surface area contributed by atoms with E-state index in [-0.39, 0.29) is 0 Å². The number of benzene rings is 1. The van der Waals surface area contributed by atoms with E-state index in [1.807, 2.05) is 24.3 Å². The van der Waals surface area contributed by atoms with Crippen molar-refractivity contribution >= 4 is 0 Å². The zero-order valence-corrected chi connectivity index (χ0v) is 11.1. The fourth-order valence-corrected chi connectivity index (χ4v) is 2.56. The van der Waals surface area contributed by atoms with Crippen LogP contribution in [-0.2, 0) is 0 Å². The lowest BCUT2D eigenvalue weighted by molar-refractivity contribution is 0.150. The summed E-state index contributed by atoms with van der Waals surface area (Å²) in [5, 5.41) is 13.8. The number of aliphatic hydroxyl groups is 1. The molecule has 2 atom stereocenters. The number of hydrogen-bond donors (Lipinski definition) is 2. The third-order valence-corrected chi connectivity index (χ3v) is 3.65. The van der Waals surface area contributed by atoms with E-state index in [1.165, 1.54) is 25.7 Å². The van der Waals surface area contributed by atoms with Crippen molar-refractivity contribution in [2.45, 2.75) is 44.2 Å². The standard InChI is InChI=1S/C15H23NO2/c1-18-14-8-5-6-12(10-14)15(17)11-13-7-3-2-4-9-16-13/h5-6,8,10,13,15-17H,2-4,7,9,11H2,1H3. The maximum Gasteiger partial charge on any atom is 0.119 e. The second-order valence-electron chi connectivity index (χ2n) is 5.03. The summed E-state index contributed by atoms with van der Waals surface area (Å²) in [7, 11) is 1.65. The van der Waals surface area contributed by atoms with Gasteiger partial charge in [-0.15, -0.1) is 0 Å². The number of aliphatic hydroxyl groups excluding tert-OH is 1. The summed E-state index contributed by atoms with van der Waals surface area (Å²) in [6, 6.07) is 8.15. The van der Waals surface area contributed by atoms with E-state index >= 15 is 0 Å². The van der Waals surface area contributed by atoms with Crippen molar-refractivity contribution in [1.29, 1.82) is 0 Å². The Hall–Kier alpha value is -1.06.